The van der Waals surface area contributed by atoms with E-state index in [1.165, 1.54) is 32.2 Å². The molecule has 2 N–H and O–H groups in total. The first kappa shape index (κ1) is 12.2. The van der Waals surface area contributed by atoms with E-state index in [9.17, 15) is 19.5 Å². The average molecular weight is 367 g/mol. The van der Waals surface area contributed by atoms with Crippen LogP contribution in [0.2, 0.25) is 0 Å². The molecule has 0 bridgehead atoms. The van der Waals surface area contributed by atoms with Crippen molar-refractivity contribution in [2.75, 3.05) is 13.6 Å². The van der Waals surface area contributed by atoms with Crippen LogP contribution in [0.3, 0.4) is 0 Å². The van der Waals surface area contributed by atoms with Crippen molar-refractivity contribution < 1.29 is 29.1 Å². The number of carbonyl (C=O) groups excluding carboxylic acids is 3. The molecule has 0 radical (unpaired) electrons. The number of nitrogens with zero attached hydrogens (tertiary/aromatic N) is 1. The van der Waals surface area contributed by atoms with Crippen molar-refractivity contribution >= 4 is 17.6 Å². The summed E-state index contributed by atoms with van der Waals surface area (Å²) in [5.74, 6) is -6.46. The molecule has 26 heavy (non-hydrogen) atoms. The minimum absolute atomic E-state index is 0.0441. The maximum atomic E-state index is 13.0. The zero-order valence-corrected chi connectivity index (χ0v) is 15.0. The van der Waals surface area contributed by atoms with Crippen LogP contribution in [0.25, 0.3) is 0 Å². The van der Waals surface area contributed by atoms with Crippen molar-refractivity contribution in [3.8, 4) is 0 Å². The molecule has 0 fully saturated rings. The first-order valence-electron chi connectivity index (χ1n) is 11.7. The quantitative estimate of drug-likeness (QED) is 0.797. The van der Waals surface area contributed by atoms with Crippen LogP contribution < -0.4 is 5.32 Å². The summed E-state index contributed by atoms with van der Waals surface area (Å²) in [5, 5.41) is 12.4. The normalized spacial score (nSPS) is 31.0. The summed E-state index contributed by atoms with van der Waals surface area (Å²) in [4.78, 5) is 39.3. The molecule has 0 aromatic heterocycles. The molecular weight excluding hydrogens is 332 g/mol. The lowest BCUT2D eigenvalue weighted by molar-refractivity contribution is -0.137. The fourth-order valence-corrected chi connectivity index (χ4v) is 2.55. The zero-order chi connectivity index (χ0) is 25.6. The summed E-state index contributed by atoms with van der Waals surface area (Å²) >= 11 is 0. The fraction of sp³-hybridized carbons (Fsp3) is 0.550. The molecule has 1 aromatic carbocycles. The second kappa shape index (κ2) is 8.45. The summed E-state index contributed by atoms with van der Waals surface area (Å²) < 4.78 is 55.3. The minimum atomic E-state index is -2.95. The molecule has 1 aliphatic rings. The van der Waals surface area contributed by atoms with Crippen molar-refractivity contribution in [3.63, 3.8) is 0 Å². The molecule has 0 spiro atoms. The van der Waals surface area contributed by atoms with E-state index >= 15 is 0 Å². The van der Waals surface area contributed by atoms with Crippen molar-refractivity contribution in [2.45, 2.75) is 45.6 Å². The number of aliphatic hydroxyl groups excluding tert-OH is 1. The molecule has 2 rings (SSSR count). The Bertz CT molecular complexity index is 951. The number of hydrogen-bond donors (Lipinski definition) is 2. The van der Waals surface area contributed by atoms with Gasteiger partial charge >= 0.3 is 0 Å². The Morgan fingerprint density at radius 3 is 2.88 bits per heavy atom. The van der Waals surface area contributed by atoms with Gasteiger partial charge in [-0.1, -0.05) is 45.0 Å². The van der Waals surface area contributed by atoms with Crippen LogP contribution >= 0.6 is 0 Å². The number of carbonyl (C=O) groups is 3. The number of ketones is 1. The van der Waals surface area contributed by atoms with Gasteiger partial charge < -0.3 is 15.3 Å². The third-order valence-electron chi connectivity index (χ3n) is 4.18. The Hall–Kier alpha value is -2.21. The molecule has 0 saturated carbocycles. The molecular formula is C20H28N2O4. The number of fused-ring (bicyclic) bond motifs is 1. The number of benzene rings is 1. The van der Waals surface area contributed by atoms with Gasteiger partial charge in [-0.05, 0) is 23.4 Å². The van der Waals surface area contributed by atoms with E-state index in [0.717, 1.165) is 11.8 Å². The van der Waals surface area contributed by atoms with E-state index in [4.69, 9.17) is 9.60 Å². The molecule has 142 valence electrons. The molecule has 6 nitrogen and oxygen atoms in total. The largest absolute Gasteiger partial charge is 0.385 e. The highest BCUT2D eigenvalue weighted by molar-refractivity contribution is 5.92. The van der Waals surface area contributed by atoms with Crippen LogP contribution in [0.4, 0.5) is 0 Å². The highest BCUT2D eigenvalue weighted by Gasteiger charge is 2.32. The summed E-state index contributed by atoms with van der Waals surface area (Å²) in [6.07, 6.45) is -4.78. The van der Waals surface area contributed by atoms with Gasteiger partial charge in [0.25, 0.3) is 0 Å². The highest BCUT2D eigenvalue weighted by atomic mass is 16.3. The minimum Gasteiger partial charge on any atom is -0.385 e. The lowest BCUT2D eigenvalue weighted by Crippen LogP contribution is -2.43. The Morgan fingerprint density at radius 2 is 2.19 bits per heavy atom. The van der Waals surface area contributed by atoms with Crippen LogP contribution in [0.15, 0.2) is 24.3 Å². The van der Waals surface area contributed by atoms with Crippen molar-refractivity contribution in [2.24, 2.45) is 11.8 Å². The van der Waals surface area contributed by atoms with Gasteiger partial charge in [-0.15, -0.1) is 0 Å². The van der Waals surface area contributed by atoms with Gasteiger partial charge in [0, 0.05) is 34.2 Å². The molecule has 1 heterocycles. The van der Waals surface area contributed by atoms with Gasteiger partial charge in [0.15, 0.2) is 5.78 Å². The third-order valence-corrected chi connectivity index (χ3v) is 4.18. The lowest BCUT2D eigenvalue weighted by Gasteiger charge is -2.24. The van der Waals surface area contributed by atoms with Gasteiger partial charge in [-0.3, -0.25) is 14.4 Å². The standard InChI is InChI=1S/C20H28N2O4/c1-12(2)18(24)16(23)11-13(3)19(25)21-17-15-8-6-5-7-14(15)9-10-22(4)20(17)26/h5-8,12-13,17-18,24H,9-11H2,1-4H3,(H,21,25)/t13-,17+,18+/m1/s1/i1D3,9D2,12D,17D/t12?,13-,17+,18+. The van der Waals surface area contributed by atoms with Crippen molar-refractivity contribution in [1.82, 2.24) is 10.2 Å². The maximum absolute atomic E-state index is 13.0. The Morgan fingerprint density at radius 1 is 1.50 bits per heavy atom. The Balaban J connectivity index is 2.31. The van der Waals surface area contributed by atoms with E-state index in [1.54, 1.807) is 6.07 Å². The van der Waals surface area contributed by atoms with Crippen molar-refractivity contribution in [1.29, 1.82) is 0 Å². The number of aliphatic hydroxyl groups is 1. The van der Waals surface area contributed by atoms with Crippen LogP contribution in [0, 0.1) is 11.8 Å². The second-order valence-corrected chi connectivity index (χ2v) is 6.40. The fourth-order valence-electron chi connectivity index (χ4n) is 2.55. The molecule has 2 amide bonds. The predicted octanol–water partition coefficient (Wildman–Crippen LogP) is 1.47. The Labute approximate surface area is 164 Å². The SMILES string of the molecule is [2H]C1([2H])CN(C)C(=O)[C@@]([2H])(NC(=O)[C@H](C)CC(=O)[C@@H](O)C([2H])(C)C([2H])([2H])[2H])c2ccccc21. The van der Waals surface area contributed by atoms with Gasteiger partial charge in [-0.25, -0.2) is 0 Å². The summed E-state index contributed by atoms with van der Waals surface area (Å²) in [7, 11) is 1.31. The molecule has 0 saturated heterocycles. The summed E-state index contributed by atoms with van der Waals surface area (Å²) in [6, 6.07) is 3.50. The number of likely N-dealkylation sites (N-methyl/N-ethyl adjacent to an activating group) is 1. The van der Waals surface area contributed by atoms with Gasteiger partial charge in [0.1, 0.15) is 12.1 Å². The van der Waals surface area contributed by atoms with E-state index < -0.39 is 61.2 Å². The number of nitrogens with one attached hydrogen (secondary N) is 1. The maximum Gasteiger partial charge on any atom is 0.249 e. The molecule has 6 heteroatoms. The Kier molecular flexibility index (Phi) is 3.97. The average Bonchev–Trinajstić information content (AvgIpc) is 2.75. The zero-order valence-electron chi connectivity index (χ0n) is 22.0. The third kappa shape index (κ3) is 4.49. The molecule has 1 aromatic rings. The topological polar surface area (TPSA) is 86.7 Å². The highest BCUT2D eigenvalue weighted by Crippen LogP contribution is 2.25. The summed E-state index contributed by atoms with van der Waals surface area (Å²) in [6.45, 7) is -1.08. The van der Waals surface area contributed by atoms with Crippen LogP contribution in [-0.4, -0.2) is 47.3 Å². The van der Waals surface area contributed by atoms with Crippen LogP contribution in [0.5, 0.6) is 0 Å². The summed E-state index contributed by atoms with van der Waals surface area (Å²) in [5.41, 5.74) is 0.0252. The number of rotatable bonds is 6. The van der Waals surface area contributed by atoms with E-state index in [0.29, 0.717) is 0 Å². The monoisotopic (exact) mass is 367 g/mol. The molecule has 1 aliphatic heterocycles. The lowest BCUT2D eigenvalue weighted by atomic mass is 9.94. The molecule has 4 atom stereocenters. The second-order valence-electron chi connectivity index (χ2n) is 6.40. The smallest absolute Gasteiger partial charge is 0.249 e. The number of amides is 2. The van der Waals surface area contributed by atoms with E-state index in [-0.39, 0.29) is 17.7 Å². The van der Waals surface area contributed by atoms with E-state index in [1.807, 2.05) is 0 Å². The molecule has 1 unspecified atom stereocenters. The number of Topliss-reactive ketones (excluding diaryl/α,β-unsaturated/α-hetero) is 1. The van der Waals surface area contributed by atoms with Crippen molar-refractivity contribution in [3.05, 3.63) is 35.4 Å². The van der Waals surface area contributed by atoms with Crippen LogP contribution in [-0.2, 0) is 20.8 Å². The van der Waals surface area contributed by atoms with Gasteiger partial charge in [0.05, 0.1) is 1.37 Å². The molecule has 0 aliphatic carbocycles. The van der Waals surface area contributed by atoms with E-state index in [2.05, 4.69) is 5.32 Å². The predicted molar refractivity (Wildman–Crippen MR) is 98.3 cm³/mol. The number of hydrogen-bond acceptors (Lipinski definition) is 4. The van der Waals surface area contributed by atoms with Gasteiger partial charge in [0.2, 0.25) is 11.8 Å². The first-order chi connectivity index (χ1) is 14.9. The van der Waals surface area contributed by atoms with Gasteiger partial charge in [-0.2, -0.15) is 0 Å². The first-order valence-corrected chi connectivity index (χ1v) is 8.24. The van der Waals surface area contributed by atoms with Crippen LogP contribution in [0.1, 0.15) is 53.9 Å².